The molecule has 222 valence electrons. The van der Waals surface area contributed by atoms with Crippen LogP contribution >= 0.6 is 22.6 Å². The molecule has 1 aliphatic heterocycles. The van der Waals surface area contributed by atoms with Crippen molar-refractivity contribution in [2.75, 3.05) is 36.8 Å². The Hall–Kier alpha value is -4.19. The van der Waals surface area contributed by atoms with Gasteiger partial charge in [-0.05, 0) is 101 Å². The van der Waals surface area contributed by atoms with Gasteiger partial charge in [-0.2, -0.15) is 0 Å². The molecular formula is C35H34IN7O. The summed E-state index contributed by atoms with van der Waals surface area (Å²) in [6.45, 7) is 8.08. The molecular weight excluding hydrogens is 661 g/mol. The van der Waals surface area contributed by atoms with Crippen LogP contribution in [0, 0.1) is 10.5 Å². The molecule has 44 heavy (non-hydrogen) atoms. The molecule has 1 aliphatic rings. The van der Waals surface area contributed by atoms with Crippen LogP contribution in [0.1, 0.15) is 27.0 Å². The molecule has 0 bridgehead atoms. The number of pyridine rings is 1. The number of hydrogen-bond acceptors (Lipinski definition) is 7. The van der Waals surface area contributed by atoms with Crippen LogP contribution in [0.2, 0.25) is 0 Å². The molecule has 3 aromatic carbocycles. The van der Waals surface area contributed by atoms with E-state index in [4.69, 9.17) is 0 Å². The van der Waals surface area contributed by atoms with Gasteiger partial charge in [0.05, 0.1) is 5.69 Å². The summed E-state index contributed by atoms with van der Waals surface area (Å²) in [5, 5.41) is 6.33. The van der Waals surface area contributed by atoms with Gasteiger partial charge in [0, 0.05) is 83.9 Å². The number of hydrogen-bond donors (Lipinski definition) is 2. The number of halogens is 1. The van der Waals surface area contributed by atoms with E-state index in [0.717, 1.165) is 61.8 Å². The fourth-order valence-corrected chi connectivity index (χ4v) is 5.58. The molecule has 1 fully saturated rings. The number of rotatable bonds is 9. The summed E-state index contributed by atoms with van der Waals surface area (Å²) in [4.78, 5) is 31.3. The van der Waals surface area contributed by atoms with Gasteiger partial charge in [0.15, 0.2) is 0 Å². The maximum atomic E-state index is 13.1. The largest absolute Gasteiger partial charge is 0.324 e. The zero-order valence-corrected chi connectivity index (χ0v) is 26.7. The minimum Gasteiger partial charge on any atom is -0.324 e. The van der Waals surface area contributed by atoms with Gasteiger partial charge in [-0.3, -0.25) is 19.6 Å². The number of benzene rings is 3. The third-order valence-corrected chi connectivity index (χ3v) is 8.48. The SMILES string of the molecule is Cc1ccc(NC(=O)c2ccc(CN3CCN(Cc4ccc(I)cc4)CC3)cc2)cc1Nc1nccc(-c2cccnc2)n1. The molecule has 0 saturated carbocycles. The van der Waals surface area contributed by atoms with Crippen molar-refractivity contribution in [3.05, 3.63) is 129 Å². The van der Waals surface area contributed by atoms with E-state index in [-0.39, 0.29) is 5.91 Å². The van der Waals surface area contributed by atoms with Crippen LogP contribution in [0.4, 0.5) is 17.3 Å². The first-order valence-electron chi connectivity index (χ1n) is 14.7. The van der Waals surface area contributed by atoms with Crippen LogP contribution in [-0.2, 0) is 13.1 Å². The van der Waals surface area contributed by atoms with E-state index in [1.54, 1.807) is 18.6 Å². The highest BCUT2D eigenvalue weighted by atomic mass is 127. The molecule has 3 heterocycles. The number of amides is 1. The molecule has 0 aliphatic carbocycles. The summed E-state index contributed by atoms with van der Waals surface area (Å²) in [7, 11) is 0. The first-order chi connectivity index (χ1) is 21.5. The van der Waals surface area contributed by atoms with E-state index in [9.17, 15) is 4.79 Å². The summed E-state index contributed by atoms with van der Waals surface area (Å²) in [5.41, 5.74) is 7.42. The summed E-state index contributed by atoms with van der Waals surface area (Å²) >= 11 is 2.35. The number of carbonyl (C=O) groups is 1. The standard InChI is InChI=1S/C35H34IN7O/c1-25-4-13-31(21-33(25)41-35-38-16-14-32(40-35)29-3-2-15-37-22-29)39-34(44)28-9-5-26(6-10-28)23-42-17-19-43(20-18-42)24-27-7-11-30(36)12-8-27/h2-16,21-22H,17-20,23-24H2,1H3,(H,39,44)(H,38,40,41). The van der Waals surface area contributed by atoms with Gasteiger partial charge >= 0.3 is 0 Å². The normalized spacial score (nSPS) is 13.9. The van der Waals surface area contributed by atoms with Gasteiger partial charge < -0.3 is 10.6 Å². The first-order valence-corrected chi connectivity index (χ1v) is 15.8. The minimum atomic E-state index is -0.148. The number of nitrogens with one attached hydrogen (secondary N) is 2. The van der Waals surface area contributed by atoms with E-state index >= 15 is 0 Å². The second kappa shape index (κ2) is 14.1. The molecule has 1 amide bonds. The van der Waals surface area contributed by atoms with Crippen LogP contribution in [0.15, 0.2) is 104 Å². The summed E-state index contributed by atoms with van der Waals surface area (Å²) < 4.78 is 1.27. The fraction of sp³-hybridized carbons (Fsp3) is 0.200. The van der Waals surface area contributed by atoms with E-state index in [1.165, 1.54) is 14.7 Å². The van der Waals surface area contributed by atoms with Crippen LogP contribution in [-0.4, -0.2) is 56.8 Å². The lowest BCUT2D eigenvalue weighted by atomic mass is 10.1. The number of piperazine rings is 1. The van der Waals surface area contributed by atoms with Crippen molar-refractivity contribution < 1.29 is 4.79 Å². The van der Waals surface area contributed by atoms with Crippen molar-refractivity contribution in [3.8, 4) is 11.3 Å². The van der Waals surface area contributed by atoms with E-state index in [1.807, 2.05) is 55.5 Å². The first kappa shape index (κ1) is 29.9. The lowest BCUT2D eigenvalue weighted by Gasteiger charge is -2.34. The Balaban J connectivity index is 1.02. The molecule has 8 nitrogen and oxygen atoms in total. The lowest BCUT2D eigenvalue weighted by molar-refractivity contribution is 0.102. The number of aromatic nitrogens is 3. The molecule has 2 aromatic heterocycles. The molecule has 5 aromatic rings. The molecule has 6 rings (SSSR count). The van der Waals surface area contributed by atoms with Crippen molar-refractivity contribution in [1.82, 2.24) is 24.8 Å². The average Bonchev–Trinajstić information content (AvgIpc) is 3.05. The highest BCUT2D eigenvalue weighted by Crippen LogP contribution is 2.25. The third-order valence-electron chi connectivity index (χ3n) is 7.76. The average molecular weight is 696 g/mol. The smallest absolute Gasteiger partial charge is 0.255 e. The molecule has 0 spiro atoms. The van der Waals surface area contributed by atoms with Crippen LogP contribution < -0.4 is 10.6 Å². The quantitative estimate of drug-likeness (QED) is 0.165. The summed E-state index contributed by atoms with van der Waals surface area (Å²) in [5.74, 6) is 0.325. The third kappa shape index (κ3) is 7.85. The van der Waals surface area contributed by atoms with Gasteiger partial charge in [0.2, 0.25) is 5.95 Å². The fourth-order valence-electron chi connectivity index (χ4n) is 5.23. The van der Waals surface area contributed by atoms with E-state index < -0.39 is 0 Å². The number of nitrogens with zero attached hydrogens (tertiary/aromatic N) is 5. The molecule has 1 saturated heterocycles. The van der Waals surface area contributed by atoms with Gasteiger partial charge in [-0.25, -0.2) is 9.97 Å². The van der Waals surface area contributed by atoms with Gasteiger partial charge in [0.1, 0.15) is 0 Å². The Bertz CT molecular complexity index is 1700. The van der Waals surface area contributed by atoms with E-state index in [2.05, 4.69) is 94.4 Å². The number of aryl methyl sites for hydroxylation is 1. The topological polar surface area (TPSA) is 86.3 Å². The second-order valence-corrected chi connectivity index (χ2v) is 12.2. The summed E-state index contributed by atoms with van der Waals surface area (Å²) in [6, 6.07) is 28.2. The monoisotopic (exact) mass is 695 g/mol. The van der Waals surface area contributed by atoms with Crippen molar-refractivity contribution >= 4 is 45.8 Å². The Labute approximate surface area is 271 Å². The van der Waals surface area contributed by atoms with Crippen LogP contribution in [0.3, 0.4) is 0 Å². The van der Waals surface area contributed by atoms with E-state index in [0.29, 0.717) is 17.2 Å². The predicted octanol–water partition coefficient (Wildman–Crippen LogP) is 6.77. The highest BCUT2D eigenvalue weighted by molar-refractivity contribution is 14.1. The van der Waals surface area contributed by atoms with Crippen molar-refractivity contribution in [1.29, 1.82) is 0 Å². The second-order valence-electron chi connectivity index (χ2n) is 11.0. The van der Waals surface area contributed by atoms with Crippen molar-refractivity contribution in [2.45, 2.75) is 20.0 Å². The van der Waals surface area contributed by atoms with Gasteiger partial charge in [0.25, 0.3) is 5.91 Å². The predicted molar refractivity (Wildman–Crippen MR) is 184 cm³/mol. The van der Waals surface area contributed by atoms with Gasteiger partial charge in [-0.1, -0.05) is 30.3 Å². The Morgan fingerprint density at radius 1 is 0.841 bits per heavy atom. The molecule has 0 unspecified atom stereocenters. The Morgan fingerprint density at radius 3 is 2.18 bits per heavy atom. The Morgan fingerprint density at radius 2 is 1.52 bits per heavy atom. The lowest BCUT2D eigenvalue weighted by Crippen LogP contribution is -2.45. The van der Waals surface area contributed by atoms with Crippen molar-refractivity contribution in [3.63, 3.8) is 0 Å². The molecule has 0 atom stereocenters. The summed E-state index contributed by atoms with van der Waals surface area (Å²) in [6.07, 6.45) is 5.22. The zero-order valence-electron chi connectivity index (χ0n) is 24.6. The van der Waals surface area contributed by atoms with Crippen LogP contribution in [0.5, 0.6) is 0 Å². The maximum Gasteiger partial charge on any atom is 0.255 e. The number of carbonyl (C=O) groups excluding carboxylic acids is 1. The van der Waals surface area contributed by atoms with Crippen molar-refractivity contribution in [2.24, 2.45) is 0 Å². The molecule has 0 radical (unpaired) electrons. The molecule has 9 heteroatoms. The maximum absolute atomic E-state index is 13.1. The highest BCUT2D eigenvalue weighted by Gasteiger charge is 2.17. The molecule has 2 N–H and O–H groups in total. The van der Waals surface area contributed by atoms with Gasteiger partial charge in [-0.15, -0.1) is 0 Å². The zero-order chi connectivity index (χ0) is 30.3. The Kier molecular flexibility index (Phi) is 9.55. The minimum absolute atomic E-state index is 0.148. The number of anilines is 3. The van der Waals surface area contributed by atoms with Crippen LogP contribution in [0.25, 0.3) is 11.3 Å².